The first-order chi connectivity index (χ1) is 5.88. The quantitative estimate of drug-likeness (QED) is 0.633. The van der Waals surface area contributed by atoms with Gasteiger partial charge in [-0.3, -0.25) is 4.68 Å². The molecule has 0 radical (unpaired) electrons. The van der Waals surface area contributed by atoms with Gasteiger partial charge in [0.2, 0.25) is 0 Å². The van der Waals surface area contributed by atoms with Gasteiger partial charge in [-0.05, 0) is 13.1 Å². The molecule has 64 valence electrons. The topological polar surface area (TPSA) is 43.8 Å². The van der Waals surface area contributed by atoms with Crippen LogP contribution in [0.2, 0.25) is 0 Å². The Morgan fingerprint density at radius 2 is 1.92 bits per heavy atom. The van der Waals surface area contributed by atoms with Crippen molar-refractivity contribution in [1.29, 1.82) is 0 Å². The predicted octanol–water partition coefficient (Wildman–Crippen LogP) is 1.15. The third-order valence-corrected chi connectivity index (χ3v) is 1.66. The first-order valence-electron chi connectivity index (χ1n) is 3.82. The van der Waals surface area contributed by atoms with Crippen LogP contribution in [-0.2, 0) is 7.05 Å². The Bertz CT molecular complexity index is 351. The Kier molecular flexibility index (Phi) is 2.82. The highest BCUT2D eigenvalue weighted by Crippen LogP contribution is 2.09. The van der Waals surface area contributed by atoms with Crippen LogP contribution in [0.1, 0.15) is 0 Å². The van der Waals surface area contributed by atoms with Gasteiger partial charge in [0.25, 0.3) is 0 Å². The Morgan fingerprint density at radius 1 is 1.25 bits per heavy atom. The van der Waals surface area contributed by atoms with Crippen molar-refractivity contribution in [1.82, 2.24) is 9.78 Å². The number of nitrogens with two attached hydrogens (primary N) is 1. The highest BCUT2D eigenvalue weighted by atomic mass is 15.2. The summed E-state index contributed by atoms with van der Waals surface area (Å²) in [5.41, 5.74) is 5.68. The van der Waals surface area contributed by atoms with Crippen molar-refractivity contribution in [3.63, 3.8) is 0 Å². The molecule has 2 rings (SSSR count). The normalized spacial score (nSPS) is 9.25. The molecule has 0 amide bonds. The maximum absolute atomic E-state index is 4.50. The molecule has 3 nitrogen and oxygen atoms in total. The highest BCUT2D eigenvalue weighted by molar-refractivity contribution is 5.78. The van der Waals surface area contributed by atoms with Gasteiger partial charge in [0.1, 0.15) is 0 Å². The van der Waals surface area contributed by atoms with E-state index in [1.807, 2.05) is 30.1 Å². The van der Waals surface area contributed by atoms with Gasteiger partial charge in [-0.2, -0.15) is 5.10 Å². The average molecular weight is 163 g/mol. The molecule has 0 saturated heterocycles. The molecular weight excluding hydrogens is 150 g/mol. The minimum absolute atomic E-state index is 1.18. The van der Waals surface area contributed by atoms with E-state index in [2.05, 4.69) is 23.0 Å². The van der Waals surface area contributed by atoms with Gasteiger partial charge in [-0.15, -0.1) is 0 Å². The van der Waals surface area contributed by atoms with Gasteiger partial charge in [0.05, 0.1) is 11.7 Å². The van der Waals surface area contributed by atoms with E-state index in [1.54, 1.807) is 0 Å². The molecule has 0 unspecified atom stereocenters. The lowest BCUT2D eigenvalue weighted by atomic mass is 10.3. The van der Waals surface area contributed by atoms with Gasteiger partial charge < -0.3 is 5.73 Å². The summed E-state index contributed by atoms with van der Waals surface area (Å²) in [6.07, 6.45) is 1.87. The Balaban J connectivity index is 0.000000336. The smallest absolute Gasteiger partial charge is 0.0679 e. The zero-order valence-corrected chi connectivity index (χ0v) is 7.36. The largest absolute Gasteiger partial charge is 0.333 e. The van der Waals surface area contributed by atoms with Gasteiger partial charge in [-0.1, -0.05) is 18.2 Å². The minimum atomic E-state index is 1.18. The molecule has 12 heavy (non-hydrogen) atoms. The summed E-state index contributed by atoms with van der Waals surface area (Å²) in [7, 11) is 3.45. The number of fused-ring (bicyclic) bond motifs is 1. The molecule has 2 N–H and O–H groups in total. The predicted molar refractivity (Wildman–Crippen MR) is 50.8 cm³/mol. The van der Waals surface area contributed by atoms with Crippen molar-refractivity contribution in [2.24, 2.45) is 12.8 Å². The lowest BCUT2D eigenvalue weighted by molar-refractivity contribution is 0.797. The van der Waals surface area contributed by atoms with Crippen LogP contribution in [-0.4, -0.2) is 16.8 Å². The van der Waals surface area contributed by atoms with Crippen molar-refractivity contribution in [3.8, 4) is 0 Å². The van der Waals surface area contributed by atoms with Crippen molar-refractivity contribution in [3.05, 3.63) is 30.5 Å². The number of rotatable bonds is 0. The molecule has 0 fully saturated rings. The number of nitrogens with zero attached hydrogens (tertiary/aromatic N) is 2. The number of aromatic nitrogens is 2. The number of hydrogen-bond donors (Lipinski definition) is 1. The summed E-state index contributed by atoms with van der Waals surface area (Å²) >= 11 is 0. The maximum Gasteiger partial charge on any atom is 0.0679 e. The molecule has 0 aliphatic carbocycles. The van der Waals surface area contributed by atoms with Gasteiger partial charge in [0.15, 0.2) is 0 Å². The molecule has 0 aliphatic heterocycles. The van der Waals surface area contributed by atoms with Crippen molar-refractivity contribution >= 4 is 10.9 Å². The zero-order chi connectivity index (χ0) is 8.97. The number of para-hydroxylation sites is 1. The van der Waals surface area contributed by atoms with Crippen molar-refractivity contribution in [2.45, 2.75) is 0 Å². The van der Waals surface area contributed by atoms with Crippen LogP contribution in [0, 0.1) is 0 Å². The molecule has 0 saturated carbocycles. The van der Waals surface area contributed by atoms with Crippen molar-refractivity contribution in [2.75, 3.05) is 7.05 Å². The average Bonchev–Trinajstić information content (AvgIpc) is 2.53. The monoisotopic (exact) mass is 163 g/mol. The van der Waals surface area contributed by atoms with Crippen LogP contribution in [0.4, 0.5) is 0 Å². The van der Waals surface area contributed by atoms with Gasteiger partial charge >= 0.3 is 0 Å². The summed E-state index contributed by atoms with van der Waals surface area (Å²) in [5.74, 6) is 0. The van der Waals surface area contributed by atoms with E-state index < -0.39 is 0 Å². The summed E-state index contributed by atoms with van der Waals surface area (Å²) < 4.78 is 1.87. The van der Waals surface area contributed by atoms with E-state index in [-0.39, 0.29) is 0 Å². The van der Waals surface area contributed by atoms with Crippen LogP contribution in [0.25, 0.3) is 10.9 Å². The molecular formula is C9H13N3. The number of benzene rings is 1. The third kappa shape index (κ3) is 1.46. The zero-order valence-electron chi connectivity index (χ0n) is 7.36. The van der Waals surface area contributed by atoms with E-state index in [4.69, 9.17) is 0 Å². The molecule has 0 bridgehead atoms. The summed E-state index contributed by atoms with van der Waals surface area (Å²) in [6.45, 7) is 0. The lowest BCUT2D eigenvalue weighted by Gasteiger charge is -1.90. The Morgan fingerprint density at radius 3 is 2.58 bits per heavy atom. The second-order valence-electron chi connectivity index (χ2n) is 2.33. The van der Waals surface area contributed by atoms with Crippen LogP contribution in [0.5, 0.6) is 0 Å². The standard InChI is InChI=1S/C8H8N2.CH5N/c1-10-8-5-3-2-4-7(8)6-9-10;1-2/h2-6H,1H3;2H2,1H3. The second-order valence-corrected chi connectivity index (χ2v) is 2.33. The summed E-state index contributed by atoms with van der Waals surface area (Å²) in [6, 6.07) is 8.15. The fourth-order valence-electron chi connectivity index (χ4n) is 1.10. The molecule has 1 aromatic carbocycles. The fraction of sp³-hybridized carbons (Fsp3) is 0.222. The molecule has 0 atom stereocenters. The minimum Gasteiger partial charge on any atom is -0.333 e. The number of hydrogen-bond acceptors (Lipinski definition) is 2. The summed E-state index contributed by atoms with van der Waals surface area (Å²) in [5, 5.41) is 5.31. The first-order valence-corrected chi connectivity index (χ1v) is 3.82. The summed E-state index contributed by atoms with van der Waals surface area (Å²) in [4.78, 5) is 0. The third-order valence-electron chi connectivity index (χ3n) is 1.66. The molecule has 3 heteroatoms. The van der Waals surface area contributed by atoms with E-state index in [1.165, 1.54) is 18.0 Å². The Hall–Kier alpha value is -1.35. The molecule has 1 heterocycles. The van der Waals surface area contributed by atoms with Crippen LogP contribution < -0.4 is 5.73 Å². The van der Waals surface area contributed by atoms with E-state index in [9.17, 15) is 0 Å². The molecule has 2 aromatic rings. The Labute approximate surface area is 71.8 Å². The van der Waals surface area contributed by atoms with E-state index >= 15 is 0 Å². The van der Waals surface area contributed by atoms with Gasteiger partial charge in [-0.25, -0.2) is 0 Å². The molecule has 0 aliphatic rings. The number of aryl methyl sites for hydroxylation is 1. The second kappa shape index (κ2) is 3.88. The molecule has 0 spiro atoms. The SMILES string of the molecule is CN.Cn1ncc2ccccc21. The highest BCUT2D eigenvalue weighted by Gasteiger charge is 1.93. The molecule has 1 aromatic heterocycles. The van der Waals surface area contributed by atoms with Crippen LogP contribution in [0.15, 0.2) is 30.5 Å². The van der Waals surface area contributed by atoms with Crippen LogP contribution in [0.3, 0.4) is 0 Å². The van der Waals surface area contributed by atoms with E-state index in [0.29, 0.717) is 0 Å². The first kappa shape index (κ1) is 8.74. The lowest BCUT2D eigenvalue weighted by Crippen LogP contribution is -1.87. The maximum atomic E-state index is 4.50. The van der Waals surface area contributed by atoms with E-state index in [0.717, 1.165) is 0 Å². The van der Waals surface area contributed by atoms with Crippen molar-refractivity contribution < 1.29 is 0 Å². The van der Waals surface area contributed by atoms with Gasteiger partial charge in [0, 0.05) is 12.4 Å². The fourth-order valence-corrected chi connectivity index (χ4v) is 1.10. The van der Waals surface area contributed by atoms with Crippen LogP contribution >= 0.6 is 0 Å².